The number of hydrogen-bond acceptors (Lipinski definition) is 5. The molecule has 1 N–H and O–H groups in total. The van der Waals surface area contributed by atoms with E-state index in [1.807, 2.05) is 13.8 Å². The largest absolute Gasteiger partial charge is 0.468 e. The summed E-state index contributed by atoms with van der Waals surface area (Å²) in [7, 11) is 3.52. The summed E-state index contributed by atoms with van der Waals surface area (Å²) in [6.07, 6.45) is 1.81. The Kier molecular flexibility index (Phi) is 6.05. The topological polar surface area (TPSA) is 50.8 Å². The summed E-state index contributed by atoms with van der Waals surface area (Å²) < 4.78 is 10.3. The van der Waals surface area contributed by atoms with Crippen LogP contribution < -0.4 is 5.32 Å². The highest BCUT2D eigenvalue weighted by molar-refractivity contribution is 5.80. The van der Waals surface area contributed by atoms with Gasteiger partial charge in [-0.1, -0.05) is 6.92 Å². The second kappa shape index (κ2) is 7.07. The molecule has 1 rings (SSSR count). The van der Waals surface area contributed by atoms with E-state index in [0.29, 0.717) is 6.04 Å². The molecule has 1 saturated heterocycles. The van der Waals surface area contributed by atoms with E-state index in [1.165, 1.54) is 7.11 Å². The lowest BCUT2D eigenvalue weighted by Crippen LogP contribution is -2.52. The molecule has 0 spiro atoms. The van der Waals surface area contributed by atoms with E-state index in [0.717, 1.165) is 39.1 Å². The van der Waals surface area contributed by atoms with Crippen molar-refractivity contribution in [3.05, 3.63) is 0 Å². The average Bonchev–Trinajstić information content (AvgIpc) is 2.89. The molecule has 18 heavy (non-hydrogen) atoms. The number of methoxy groups -OCH3 is 1. The number of nitrogens with one attached hydrogen (secondary N) is 1. The maximum absolute atomic E-state index is 11.8. The van der Waals surface area contributed by atoms with Crippen molar-refractivity contribution in [1.82, 2.24) is 10.2 Å². The number of ether oxygens (including phenoxy) is 2. The summed E-state index contributed by atoms with van der Waals surface area (Å²) in [6.45, 7) is 7.15. The molecule has 0 aromatic rings. The summed E-state index contributed by atoms with van der Waals surface area (Å²) >= 11 is 0. The number of likely N-dealkylation sites (N-methyl/N-ethyl adjacent to an activating group) is 2. The highest BCUT2D eigenvalue weighted by Gasteiger charge is 2.34. The van der Waals surface area contributed by atoms with Gasteiger partial charge in [-0.05, 0) is 33.4 Å². The zero-order valence-corrected chi connectivity index (χ0v) is 12.0. The first-order valence-electron chi connectivity index (χ1n) is 6.65. The summed E-state index contributed by atoms with van der Waals surface area (Å²) in [5, 5.41) is 3.22. The van der Waals surface area contributed by atoms with Crippen molar-refractivity contribution in [3.63, 3.8) is 0 Å². The van der Waals surface area contributed by atoms with Gasteiger partial charge >= 0.3 is 5.97 Å². The van der Waals surface area contributed by atoms with Gasteiger partial charge in [0.25, 0.3) is 0 Å². The van der Waals surface area contributed by atoms with Crippen molar-refractivity contribution in [2.75, 3.05) is 40.5 Å². The van der Waals surface area contributed by atoms with Gasteiger partial charge in [0.1, 0.15) is 5.54 Å². The SMILES string of the molecule is CCNC(C)(CCN(C)C1CCOC1)C(=O)OC. The standard InChI is InChI=1S/C13H26N2O3/c1-5-14-13(2,12(16)17-4)7-8-15(3)11-6-9-18-10-11/h11,14H,5-10H2,1-4H3. The van der Waals surface area contributed by atoms with Crippen molar-refractivity contribution < 1.29 is 14.3 Å². The monoisotopic (exact) mass is 258 g/mol. The fourth-order valence-electron chi connectivity index (χ4n) is 2.33. The summed E-state index contributed by atoms with van der Waals surface area (Å²) in [6, 6.07) is 0.480. The van der Waals surface area contributed by atoms with Crippen LogP contribution in [0.5, 0.6) is 0 Å². The van der Waals surface area contributed by atoms with E-state index in [9.17, 15) is 4.79 Å². The van der Waals surface area contributed by atoms with Crippen LogP contribution in [0.15, 0.2) is 0 Å². The van der Waals surface area contributed by atoms with Crippen molar-refractivity contribution >= 4 is 5.97 Å². The summed E-state index contributed by atoms with van der Waals surface area (Å²) in [5.41, 5.74) is -0.600. The lowest BCUT2D eigenvalue weighted by atomic mass is 9.97. The highest BCUT2D eigenvalue weighted by atomic mass is 16.5. The fourth-order valence-corrected chi connectivity index (χ4v) is 2.33. The van der Waals surface area contributed by atoms with Crippen molar-refractivity contribution in [2.24, 2.45) is 0 Å². The Balaban J connectivity index is 2.48. The van der Waals surface area contributed by atoms with Gasteiger partial charge in [-0.25, -0.2) is 0 Å². The maximum Gasteiger partial charge on any atom is 0.325 e. The van der Waals surface area contributed by atoms with Gasteiger partial charge in [-0.2, -0.15) is 0 Å². The molecular weight excluding hydrogens is 232 g/mol. The predicted molar refractivity (Wildman–Crippen MR) is 70.6 cm³/mol. The first-order valence-corrected chi connectivity index (χ1v) is 6.65. The molecule has 0 radical (unpaired) electrons. The second-order valence-electron chi connectivity index (χ2n) is 5.10. The normalized spacial score (nSPS) is 23.1. The number of nitrogens with zero attached hydrogens (tertiary/aromatic N) is 1. The minimum Gasteiger partial charge on any atom is -0.468 e. The van der Waals surface area contributed by atoms with Crippen molar-refractivity contribution in [3.8, 4) is 0 Å². The fraction of sp³-hybridized carbons (Fsp3) is 0.923. The molecule has 0 aliphatic carbocycles. The number of rotatable bonds is 7. The van der Waals surface area contributed by atoms with Crippen LogP contribution in [-0.2, 0) is 14.3 Å². The van der Waals surface area contributed by atoms with Gasteiger partial charge < -0.3 is 19.7 Å². The molecule has 2 atom stereocenters. The Hall–Kier alpha value is -0.650. The van der Waals surface area contributed by atoms with Crippen LogP contribution in [0, 0.1) is 0 Å². The molecule has 0 bridgehead atoms. The smallest absolute Gasteiger partial charge is 0.325 e. The Morgan fingerprint density at radius 2 is 2.33 bits per heavy atom. The van der Waals surface area contributed by atoms with E-state index >= 15 is 0 Å². The number of esters is 1. The summed E-state index contributed by atoms with van der Waals surface area (Å²) in [5.74, 6) is -0.194. The number of hydrogen-bond donors (Lipinski definition) is 1. The molecular formula is C13H26N2O3. The van der Waals surface area contributed by atoms with Gasteiger partial charge in [0.2, 0.25) is 0 Å². The van der Waals surface area contributed by atoms with E-state index < -0.39 is 5.54 Å². The first kappa shape index (κ1) is 15.4. The van der Waals surface area contributed by atoms with Crippen LogP contribution in [0.1, 0.15) is 26.7 Å². The highest BCUT2D eigenvalue weighted by Crippen LogP contribution is 2.16. The van der Waals surface area contributed by atoms with Crippen LogP contribution in [0.25, 0.3) is 0 Å². The lowest BCUT2D eigenvalue weighted by Gasteiger charge is -2.31. The van der Waals surface area contributed by atoms with Gasteiger partial charge in [0, 0.05) is 19.2 Å². The quantitative estimate of drug-likeness (QED) is 0.679. The van der Waals surface area contributed by atoms with E-state index in [2.05, 4.69) is 17.3 Å². The average molecular weight is 258 g/mol. The molecule has 2 unspecified atom stereocenters. The Bertz CT molecular complexity index is 267. The minimum atomic E-state index is -0.600. The number of carbonyl (C=O) groups excluding carboxylic acids is 1. The van der Waals surface area contributed by atoms with E-state index in [4.69, 9.17) is 9.47 Å². The van der Waals surface area contributed by atoms with Gasteiger partial charge in [0.05, 0.1) is 13.7 Å². The molecule has 0 saturated carbocycles. The van der Waals surface area contributed by atoms with Crippen molar-refractivity contribution in [2.45, 2.75) is 38.3 Å². The molecule has 106 valence electrons. The first-order chi connectivity index (χ1) is 8.53. The summed E-state index contributed by atoms with van der Waals surface area (Å²) in [4.78, 5) is 14.1. The zero-order chi connectivity index (χ0) is 13.6. The zero-order valence-electron chi connectivity index (χ0n) is 12.0. The van der Waals surface area contributed by atoms with E-state index in [1.54, 1.807) is 0 Å². The van der Waals surface area contributed by atoms with Crippen molar-refractivity contribution in [1.29, 1.82) is 0 Å². The Morgan fingerprint density at radius 3 is 2.83 bits per heavy atom. The third-order valence-corrected chi connectivity index (χ3v) is 3.70. The molecule has 1 fully saturated rings. The van der Waals surface area contributed by atoms with Crippen LogP contribution in [-0.4, -0.2) is 62.9 Å². The molecule has 0 aromatic heterocycles. The maximum atomic E-state index is 11.8. The number of carbonyl (C=O) groups is 1. The predicted octanol–water partition coefficient (Wildman–Crippen LogP) is 0.638. The molecule has 1 aliphatic heterocycles. The van der Waals surface area contributed by atoms with Crippen LogP contribution in [0.4, 0.5) is 0 Å². The molecule has 5 nitrogen and oxygen atoms in total. The second-order valence-corrected chi connectivity index (χ2v) is 5.10. The molecule has 1 aliphatic rings. The van der Waals surface area contributed by atoms with Gasteiger partial charge in [0.15, 0.2) is 0 Å². The van der Waals surface area contributed by atoms with Gasteiger partial charge in [-0.3, -0.25) is 4.79 Å². The Morgan fingerprint density at radius 1 is 1.61 bits per heavy atom. The third kappa shape index (κ3) is 3.93. The van der Waals surface area contributed by atoms with E-state index in [-0.39, 0.29) is 5.97 Å². The molecule has 0 amide bonds. The van der Waals surface area contributed by atoms with Crippen LogP contribution in [0.3, 0.4) is 0 Å². The third-order valence-electron chi connectivity index (χ3n) is 3.70. The van der Waals surface area contributed by atoms with Gasteiger partial charge in [-0.15, -0.1) is 0 Å². The molecule has 1 heterocycles. The molecule has 5 heteroatoms. The Labute approximate surface area is 110 Å². The lowest BCUT2D eigenvalue weighted by molar-refractivity contribution is -0.148. The van der Waals surface area contributed by atoms with Crippen LogP contribution >= 0.6 is 0 Å². The molecule has 0 aromatic carbocycles. The minimum absolute atomic E-state index is 0.194. The van der Waals surface area contributed by atoms with Crippen LogP contribution in [0.2, 0.25) is 0 Å².